The first-order chi connectivity index (χ1) is 22.1. The molecule has 11 nitrogen and oxygen atoms in total. The third kappa shape index (κ3) is 12.8. The molecule has 2 aliphatic rings. The largest absolute Gasteiger partial charge is 0.659 e. The number of rotatable bonds is 6. The second kappa shape index (κ2) is 23.3. The molecule has 0 atom stereocenters. The smallest absolute Gasteiger partial charge is 0.407 e. The monoisotopic (exact) mass is 983 g/mol. The van der Waals surface area contributed by atoms with Gasteiger partial charge in [-0.1, -0.05) is 70.2 Å². The van der Waals surface area contributed by atoms with Gasteiger partial charge in [0.15, 0.2) is 0 Å². The van der Waals surface area contributed by atoms with Crippen LogP contribution in [0.4, 0.5) is 27.5 Å². The van der Waals surface area contributed by atoms with Crippen LogP contribution in [-0.2, 0) is 60.0 Å². The van der Waals surface area contributed by atoms with Crippen molar-refractivity contribution < 1.29 is 51.7 Å². The number of imidazole rings is 1. The van der Waals surface area contributed by atoms with Gasteiger partial charge in [-0.3, -0.25) is 0 Å². The van der Waals surface area contributed by atoms with Crippen molar-refractivity contribution in [1.82, 2.24) is 15.3 Å². The number of nitrogens with zero attached hydrogens (tertiary/aromatic N) is 5. The number of aromatic amines is 1. The number of nitrogens with one attached hydrogen (secondary N) is 2. The molecule has 3 heterocycles. The normalized spacial score (nSPS) is 13.5. The van der Waals surface area contributed by atoms with E-state index in [-0.39, 0.29) is 55.3 Å². The maximum absolute atomic E-state index is 11.9. The van der Waals surface area contributed by atoms with Gasteiger partial charge in [0.1, 0.15) is 17.9 Å². The first-order valence-electron chi connectivity index (χ1n) is 15.9. The number of anilines is 4. The fraction of sp³-hybridized carbons (Fsp3) is 0.412. The molecule has 2 saturated heterocycles. The Labute approximate surface area is 308 Å². The quantitative estimate of drug-likeness (QED) is 0.166. The molecule has 0 saturated carbocycles. The number of piperazine rings is 2. The van der Waals surface area contributed by atoms with Crippen LogP contribution in [0, 0.1) is 0 Å². The summed E-state index contributed by atoms with van der Waals surface area (Å²) < 4.78 is 5.23. The number of nitrogen functional groups attached to an aromatic ring is 2. The molecule has 13 heteroatoms. The van der Waals surface area contributed by atoms with Gasteiger partial charge in [-0.25, -0.2) is 9.78 Å². The predicted molar refractivity (Wildman–Crippen MR) is 188 cm³/mol. The van der Waals surface area contributed by atoms with Gasteiger partial charge < -0.3 is 46.9 Å². The summed E-state index contributed by atoms with van der Waals surface area (Å²) in [6.07, 6.45) is -0.461. The van der Waals surface area contributed by atoms with Crippen LogP contribution in [0.3, 0.4) is 0 Å². The number of hydrogen-bond donors (Lipinski definition) is 4. The van der Waals surface area contributed by atoms with Crippen molar-refractivity contribution in [2.75, 3.05) is 73.6 Å². The number of H-pyrrole nitrogens is 1. The summed E-state index contributed by atoms with van der Waals surface area (Å²) >= 11 is 0. The number of para-hydroxylation sites is 2. The van der Waals surface area contributed by atoms with E-state index in [2.05, 4.69) is 41.8 Å². The molecule has 0 aliphatic carbocycles. The zero-order valence-electron chi connectivity index (χ0n) is 27.9. The number of carbonyl (C=O) groups excluding carboxylic acids is 1. The number of benzene rings is 3. The van der Waals surface area contributed by atoms with Gasteiger partial charge in [-0.2, -0.15) is 0 Å². The Bertz CT molecular complexity index is 1430. The Morgan fingerprint density at radius 2 is 1.36 bits per heavy atom. The number of aromatic nitrogens is 2. The third-order valence-electron chi connectivity index (χ3n) is 7.06. The summed E-state index contributed by atoms with van der Waals surface area (Å²) in [5.41, 5.74) is 18.0. The number of hydrogen-bond acceptors (Lipinski definition) is 7. The summed E-state index contributed by atoms with van der Waals surface area (Å²) in [5.74, 6) is 0.704. The number of alkyl carbamates (subject to hydrolysis) is 1. The molecule has 0 radical (unpaired) electrons. The van der Waals surface area contributed by atoms with E-state index >= 15 is 0 Å². The van der Waals surface area contributed by atoms with Crippen LogP contribution >= 0.6 is 0 Å². The molecule has 0 spiro atoms. The Hall–Kier alpha value is -3.10. The van der Waals surface area contributed by atoms with Crippen molar-refractivity contribution in [3.8, 4) is 0 Å². The van der Waals surface area contributed by atoms with E-state index in [0.717, 1.165) is 80.3 Å². The molecule has 6 rings (SSSR count). The van der Waals surface area contributed by atoms with E-state index in [1.165, 1.54) is 0 Å². The topological polar surface area (TPSA) is 154 Å². The minimum Gasteiger partial charge on any atom is -0.659 e. The molecule has 4 aromatic rings. The number of nitrogens with two attached hydrogens (primary N) is 2. The summed E-state index contributed by atoms with van der Waals surface area (Å²) in [5, 5.41) is 11.4. The molecule has 1 aromatic heterocycles. The van der Waals surface area contributed by atoms with Gasteiger partial charge in [0.05, 0.1) is 34.8 Å². The maximum atomic E-state index is 11.9. The average Bonchev–Trinajstić information content (AvgIpc) is 3.54. The number of fused-ring (bicyclic) bond motifs is 1. The summed E-state index contributed by atoms with van der Waals surface area (Å²) in [6, 6.07) is 21.5. The van der Waals surface area contributed by atoms with Crippen molar-refractivity contribution in [1.29, 1.82) is 0 Å². The van der Waals surface area contributed by atoms with E-state index in [0.29, 0.717) is 17.2 Å². The van der Waals surface area contributed by atoms with E-state index in [1.807, 2.05) is 88.4 Å². The van der Waals surface area contributed by atoms with Crippen LogP contribution in [0.25, 0.3) is 21.7 Å². The van der Waals surface area contributed by atoms with E-state index in [9.17, 15) is 4.79 Å². The molecule has 1 amide bonds. The zero-order chi connectivity index (χ0) is 32.4. The van der Waals surface area contributed by atoms with Gasteiger partial charge >= 0.3 is 6.09 Å². The Morgan fingerprint density at radius 1 is 0.809 bits per heavy atom. The summed E-state index contributed by atoms with van der Waals surface area (Å²) in [4.78, 5) is 24.4. The van der Waals surface area contributed by atoms with Crippen LogP contribution in [0.15, 0.2) is 66.7 Å². The van der Waals surface area contributed by atoms with Crippen LogP contribution in [0.1, 0.15) is 39.1 Å². The molecule has 0 bridgehead atoms. The second-order valence-electron chi connectivity index (χ2n) is 9.87. The molecule has 47 heavy (non-hydrogen) atoms. The van der Waals surface area contributed by atoms with E-state index in [1.54, 1.807) is 0 Å². The third-order valence-corrected chi connectivity index (χ3v) is 7.06. The van der Waals surface area contributed by atoms with E-state index < -0.39 is 6.09 Å². The van der Waals surface area contributed by atoms with Crippen molar-refractivity contribution in [3.05, 3.63) is 88.8 Å². The van der Waals surface area contributed by atoms with Gasteiger partial charge in [0.2, 0.25) is 0 Å². The number of carbonyl (C=O) groups is 1. The first-order valence-corrected chi connectivity index (χ1v) is 15.9. The van der Waals surface area contributed by atoms with Crippen molar-refractivity contribution in [2.45, 2.75) is 40.8 Å². The Kier molecular flexibility index (Phi) is 20.7. The maximum Gasteiger partial charge on any atom is 0.407 e. The molecule has 0 unspecified atom stereocenters. The average molecular weight is 984 g/mol. The van der Waals surface area contributed by atoms with Gasteiger partial charge in [0.25, 0.3) is 0 Å². The fourth-order valence-electron chi connectivity index (χ4n) is 4.88. The van der Waals surface area contributed by atoms with Crippen LogP contribution in [0.5, 0.6) is 0 Å². The van der Waals surface area contributed by atoms with Crippen LogP contribution in [-0.4, -0.2) is 68.4 Å². The molecule has 256 valence electrons. The summed E-state index contributed by atoms with van der Waals surface area (Å²) in [7, 11) is 0. The zero-order valence-corrected chi connectivity index (χ0v) is 33.8. The standard InChI is InChI=1S/C20H22N5O2.C10H15N4.2C2H6.2W/c26-20(27-14-15-5-2-1-3-6-15)22-13-18-23-16-7-4-8-17(19(16)24-18)25-11-9-21-10-12-25;11-8-2-1-3-9(10(8)12)14-6-4-13-5-7-14;2*1-2;;/h1-8H,9-14H2,(H,22,26)(H,23,24);1-3H,4-7,11-12H2;2*1-2H3;;/q2*-1;;;;. The molecule has 6 N–H and O–H groups in total. The van der Waals surface area contributed by atoms with Gasteiger partial charge in [0, 0.05) is 42.1 Å². The van der Waals surface area contributed by atoms with Gasteiger partial charge in [-0.15, -0.1) is 26.2 Å². The first kappa shape index (κ1) is 41.9. The number of ether oxygens (including phenoxy) is 1. The molecular formula is C34H49N9O2W2-2. The minimum atomic E-state index is -0.461. The van der Waals surface area contributed by atoms with Crippen LogP contribution in [0.2, 0.25) is 0 Å². The Balaban J connectivity index is 0.000000470. The molecular weight excluding hydrogens is 934 g/mol. The molecule has 2 aliphatic heterocycles. The SMILES string of the molecule is CC.CC.Nc1cccc(N2CC[N-]CC2)c1N.O=C(NCc1nc2c(N3CC[N-]CC3)cccc2[nH]1)OCc1ccccc1.[W].[W]. The molecule has 3 aromatic carbocycles. The predicted octanol–water partition coefficient (Wildman–Crippen LogP) is 6.28. The minimum absolute atomic E-state index is 0. The Morgan fingerprint density at radius 3 is 1.98 bits per heavy atom. The summed E-state index contributed by atoms with van der Waals surface area (Å²) in [6.45, 7) is 15.7. The second-order valence-corrected chi connectivity index (χ2v) is 9.87. The van der Waals surface area contributed by atoms with Gasteiger partial charge in [-0.05, 0) is 56.0 Å². The fourth-order valence-corrected chi connectivity index (χ4v) is 4.88. The van der Waals surface area contributed by atoms with Crippen LogP contribution < -0.4 is 26.6 Å². The van der Waals surface area contributed by atoms with Crippen molar-refractivity contribution in [3.63, 3.8) is 0 Å². The van der Waals surface area contributed by atoms with E-state index in [4.69, 9.17) is 16.2 Å². The van der Waals surface area contributed by atoms with Crippen molar-refractivity contribution in [2.24, 2.45) is 0 Å². The molecule has 2 fully saturated rings. The van der Waals surface area contributed by atoms with Crippen molar-refractivity contribution >= 4 is 39.9 Å². The number of amides is 1.